The molecule has 0 saturated carbocycles. The van der Waals surface area contributed by atoms with Crippen molar-refractivity contribution in [3.8, 4) is 0 Å². The Bertz CT molecular complexity index is 433. The third-order valence-corrected chi connectivity index (χ3v) is 2.89. The molecule has 0 aromatic heterocycles. The van der Waals surface area contributed by atoms with Crippen LogP contribution in [-0.2, 0) is 19.6 Å². The van der Waals surface area contributed by atoms with E-state index >= 15 is 0 Å². The molecule has 2 N–H and O–H groups in total. The molecule has 1 heterocycles. The number of nitrogens with one attached hydrogen (secondary N) is 1. The molecule has 0 fully saturated rings. The average molecular weight is 220 g/mol. The molecule has 0 unspecified atom stereocenters. The van der Waals surface area contributed by atoms with Gasteiger partial charge >= 0.3 is 5.91 Å². The van der Waals surface area contributed by atoms with Crippen molar-refractivity contribution in [1.82, 2.24) is 9.62 Å². The van der Waals surface area contributed by atoms with E-state index < -0.39 is 32.5 Å². The van der Waals surface area contributed by atoms with E-state index in [1.807, 2.05) is 0 Å². The Labute approximate surface area is 80.1 Å². The maximum Gasteiger partial charge on any atom is 0.301 e. The van der Waals surface area contributed by atoms with Gasteiger partial charge in [0.25, 0.3) is 15.9 Å². The molecule has 1 rings (SSSR count). The summed E-state index contributed by atoms with van der Waals surface area (Å²) in [6.45, 7) is 0. The van der Waals surface area contributed by atoms with Crippen LogP contribution in [0.4, 0.5) is 0 Å². The van der Waals surface area contributed by atoms with Crippen molar-refractivity contribution in [2.75, 3.05) is 14.1 Å². The Kier molecular flexibility index (Phi) is 2.24. The second kappa shape index (κ2) is 2.98. The first kappa shape index (κ1) is 10.5. The second-order valence-electron chi connectivity index (χ2n) is 2.81. The van der Waals surface area contributed by atoms with Gasteiger partial charge in [0, 0.05) is 14.1 Å². The maximum atomic E-state index is 11.3. The lowest BCUT2D eigenvalue weighted by molar-refractivity contribution is -0.125. The minimum atomic E-state index is -4.19. The minimum absolute atomic E-state index is 0.910. The monoisotopic (exact) mass is 220 g/mol. The quantitative estimate of drug-likeness (QED) is 0.548. The minimum Gasteiger partial charge on any atom is -0.502 e. The molecule has 1 aliphatic heterocycles. The summed E-state index contributed by atoms with van der Waals surface area (Å²) in [5.74, 6) is -3.19. The van der Waals surface area contributed by atoms with Crippen molar-refractivity contribution in [2.24, 2.45) is 0 Å². The number of carbonyl (C=O) groups is 2. The predicted octanol–water partition coefficient (Wildman–Crippen LogP) is -1.70. The van der Waals surface area contributed by atoms with Gasteiger partial charge in [-0.05, 0) is 0 Å². The molecular formula is C6H8N2O5S. The molecule has 7 nitrogen and oxygen atoms in total. The van der Waals surface area contributed by atoms with Crippen LogP contribution in [0, 0.1) is 0 Å². The topological polar surface area (TPSA) is 104 Å². The van der Waals surface area contributed by atoms with Crippen LogP contribution in [0.3, 0.4) is 0 Å². The van der Waals surface area contributed by atoms with Crippen LogP contribution >= 0.6 is 0 Å². The first-order valence-corrected chi connectivity index (χ1v) is 4.97. The Balaban J connectivity index is 3.32. The Hall–Kier alpha value is -1.57. The summed E-state index contributed by atoms with van der Waals surface area (Å²) < 4.78 is 23.8. The Morgan fingerprint density at radius 3 is 2.21 bits per heavy atom. The zero-order chi connectivity index (χ0) is 11.1. The van der Waals surface area contributed by atoms with Crippen LogP contribution in [0.15, 0.2) is 10.7 Å². The van der Waals surface area contributed by atoms with Crippen molar-refractivity contribution < 1.29 is 23.1 Å². The van der Waals surface area contributed by atoms with Crippen molar-refractivity contribution in [3.63, 3.8) is 0 Å². The molecule has 2 amide bonds. The first-order chi connectivity index (χ1) is 6.27. The molecule has 8 heteroatoms. The molecule has 0 aliphatic carbocycles. The van der Waals surface area contributed by atoms with Crippen LogP contribution < -0.4 is 4.72 Å². The molecule has 0 aromatic carbocycles. The Morgan fingerprint density at radius 1 is 1.43 bits per heavy atom. The lowest BCUT2D eigenvalue weighted by atomic mass is 10.4. The van der Waals surface area contributed by atoms with Crippen LogP contribution in [0.25, 0.3) is 0 Å². The predicted molar refractivity (Wildman–Crippen MR) is 45.4 cm³/mol. The van der Waals surface area contributed by atoms with E-state index in [4.69, 9.17) is 5.11 Å². The summed E-state index contributed by atoms with van der Waals surface area (Å²) in [5, 5.41) is 9.05. The van der Waals surface area contributed by atoms with Gasteiger partial charge < -0.3 is 10.0 Å². The highest BCUT2D eigenvalue weighted by atomic mass is 32.2. The van der Waals surface area contributed by atoms with Crippen molar-refractivity contribution in [1.29, 1.82) is 0 Å². The van der Waals surface area contributed by atoms with Gasteiger partial charge in [0.15, 0.2) is 4.91 Å². The molecule has 0 aromatic rings. The highest BCUT2D eigenvalue weighted by Crippen LogP contribution is 2.18. The number of aliphatic hydroxyl groups excluding tert-OH is 1. The molecule has 0 bridgehead atoms. The summed E-state index contributed by atoms with van der Waals surface area (Å²) in [6.07, 6.45) is 0. The number of hydrogen-bond acceptors (Lipinski definition) is 5. The van der Waals surface area contributed by atoms with Gasteiger partial charge in [-0.2, -0.15) is 0 Å². The fraction of sp³-hybridized carbons (Fsp3) is 0.333. The fourth-order valence-electron chi connectivity index (χ4n) is 0.871. The standard InChI is InChI=1S/C6H8N2O5S/c1-8(2)6(11)4-3(9)5(10)7-14(4,12)13/h9H,1-2H3,(H,7,10). The maximum absolute atomic E-state index is 11.3. The van der Waals surface area contributed by atoms with E-state index in [-0.39, 0.29) is 0 Å². The van der Waals surface area contributed by atoms with E-state index in [0.29, 0.717) is 0 Å². The summed E-state index contributed by atoms with van der Waals surface area (Å²) in [4.78, 5) is 22.0. The highest BCUT2D eigenvalue weighted by Gasteiger charge is 2.41. The summed E-state index contributed by atoms with van der Waals surface area (Å²) >= 11 is 0. The van der Waals surface area contributed by atoms with Crippen LogP contribution in [0.2, 0.25) is 0 Å². The average Bonchev–Trinajstić information content (AvgIpc) is 2.20. The fourth-order valence-corrected chi connectivity index (χ4v) is 2.07. The molecular weight excluding hydrogens is 212 g/mol. The van der Waals surface area contributed by atoms with Crippen molar-refractivity contribution in [2.45, 2.75) is 0 Å². The Morgan fingerprint density at radius 2 is 1.93 bits per heavy atom. The van der Waals surface area contributed by atoms with Crippen LogP contribution in [0.1, 0.15) is 0 Å². The number of rotatable bonds is 1. The van der Waals surface area contributed by atoms with Crippen LogP contribution in [-0.4, -0.2) is 44.3 Å². The number of aliphatic hydroxyl groups is 1. The van der Waals surface area contributed by atoms with Crippen LogP contribution in [0.5, 0.6) is 0 Å². The van der Waals surface area contributed by atoms with Gasteiger partial charge in [0.05, 0.1) is 0 Å². The zero-order valence-electron chi connectivity index (χ0n) is 7.44. The third kappa shape index (κ3) is 1.43. The molecule has 1 aliphatic rings. The summed E-state index contributed by atoms with van der Waals surface area (Å²) in [5.41, 5.74) is 0. The largest absolute Gasteiger partial charge is 0.502 e. The lowest BCUT2D eigenvalue weighted by Gasteiger charge is -2.09. The van der Waals surface area contributed by atoms with Gasteiger partial charge in [0.1, 0.15) is 0 Å². The molecule has 0 saturated heterocycles. The zero-order valence-corrected chi connectivity index (χ0v) is 8.25. The second-order valence-corrected chi connectivity index (χ2v) is 4.43. The molecule has 78 valence electrons. The van der Waals surface area contributed by atoms with E-state index in [0.717, 1.165) is 4.90 Å². The van der Waals surface area contributed by atoms with E-state index in [1.165, 1.54) is 18.8 Å². The van der Waals surface area contributed by atoms with Crippen molar-refractivity contribution >= 4 is 21.8 Å². The third-order valence-electron chi connectivity index (χ3n) is 1.53. The first-order valence-electron chi connectivity index (χ1n) is 3.49. The lowest BCUT2D eigenvalue weighted by Crippen LogP contribution is -2.30. The van der Waals surface area contributed by atoms with Gasteiger partial charge in [0.2, 0.25) is 5.76 Å². The summed E-state index contributed by atoms with van der Waals surface area (Å²) in [6, 6.07) is 0. The highest BCUT2D eigenvalue weighted by molar-refractivity contribution is 7.95. The molecule has 14 heavy (non-hydrogen) atoms. The van der Waals surface area contributed by atoms with E-state index in [9.17, 15) is 18.0 Å². The number of carbonyl (C=O) groups excluding carboxylic acids is 2. The van der Waals surface area contributed by atoms with E-state index in [2.05, 4.69) is 0 Å². The molecule has 0 spiro atoms. The van der Waals surface area contributed by atoms with Gasteiger partial charge in [-0.1, -0.05) is 0 Å². The molecule has 0 radical (unpaired) electrons. The van der Waals surface area contributed by atoms with Gasteiger partial charge in [-0.15, -0.1) is 0 Å². The number of sulfonamides is 1. The summed E-state index contributed by atoms with van der Waals surface area (Å²) in [7, 11) is -1.58. The number of amides is 2. The van der Waals surface area contributed by atoms with Gasteiger partial charge in [-0.25, -0.2) is 13.1 Å². The normalized spacial score (nSPS) is 19.4. The smallest absolute Gasteiger partial charge is 0.301 e. The van der Waals surface area contributed by atoms with Crippen molar-refractivity contribution in [3.05, 3.63) is 10.7 Å². The van der Waals surface area contributed by atoms with E-state index in [1.54, 1.807) is 0 Å². The SMILES string of the molecule is CN(C)C(=O)C1=C(O)C(=O)NS1(=O)=O. The number of nitrogens with zero attached hydrogens (tertiary/aromatic N) is 1. The number of likely N-dealkylation sites (N-methyl/N-ethyl adjacent to an activating group) is 1. The molecule has 0 atom stereocenters. The number of hydrogen-bond donors (Lipinski definition) is 2. The van der Waals surface area contributed by atoms with Gasteiger partial charge in [-0.3, -0.25) is 9.59 Å².